The van der Waals surface area contributed by atoms with Crippen molar-refractivity contribution >= 4 is 0 Å². The predicted octanol–water partition coefficient (Wildman–Crippen LogP) is 2.34. The highest BCUT2D eigenvalue weighted by Crippen LogP contribution is 2.27. The minimum atomic E-state index is 0.627. The number of nitrogens with one attached hydrogen (secondary N) is 1. The molecular weight excluding hydrogens is 134 g/mol. The molecule has 0 saturated heterocycles. The first-order valence-electron chi connectivity index (χ1n) is 4.68. The van der Waals surface area contributed by atoms with Crippen molar-refractivity contribution < 1.29 is 0 Å². The van der Waals surface area contributed by atoms with Crippen molar-refractivity contribution in [2.75, 3.05) is 7.05 Å². The number of allylic oxidation sites excluding steroid dienone is 1. The maximum Gasteiger partial charge on any atom is 0.0275 e. The summed E-state index contributed by atoms with van der Waals surface area (Å²) >= 11 is 0. The molecular formula is C10H19N. The fourth-order valence-corrected chi connectivity index (χ4v) is 2.01. The van der Waals surface area contributed by atoms with Crippen LogP contribution in [0.3, 0.4) is 0 Å². The maximum atomic E-state index is 3.36. The van der Waals surface area contributed by atoms with Gasteiger partial charge in [0, 0.05) is 6.04 Å². The van der Waals surface area contributed by atoms with Crippen LogP contribution < -0.4 is 5.32 Å². The van der Waals surface area contributed by atoms with Crippen LogP contribution in [-0.2, 0) is 0 Å². The van der Waals surface area contributed by atoms with Gasteiger partial charge in [0.05, 0.1) is 0 Å². The molecule has 1 rings (SSSR count). The fraction of sp³-hybridized carbons (Fsp3) is 0.800. The molecule has 0 spiro atoms. The molecule has 64 valence electrons. The van der Waals surface area contributed by atoms with E-state index in [1.165, 1.54) is 25.7 Å². The molecule has 1 heteroatoms. The Morgan fingerprint density at radius 2 is 2.00 bits per heavy atom. The Balaban J connectivity index is 2.39. The molecule has 1 aliphatic carbocycles. The topological polar surface area (TPSA) is 12.0 Å². The zero-order chi connectivity index (χ0) is 8.10. The van der Waals surface area contributed by atoms with Gasteiger partial charge in [-0.15, -0.1) is 0 Å². The van der Waals surface area contributed by atoms with Crippen LogP contribution in [0.15, 0.2) is 12.2 Å². The van der Waals surface area contributed by atoms with Gasteiger partial charge in [0.15, 0.2) is 0 Å². The maximum absolute atomic E-state index is 3.36. The standard InChI is InChI=1S/C10H19N/c1-3-6-10(11-2)9-7-4-5-8-9/h3,6,9-11H,4-5,7-8H2,1-2H3/b6-3-/t10-/m0/s1. The smallest absolute Gasteiger partial charge is 0.0275 e. The van der Waals surface area contributed by atoms with Crippen molar-refractivity contribution in [3.63, 3.8) is 0 Å². The fourth-order valence-electron chi connectivity index (χ4n) is 2.01. The number of rotatable bonds is 3. The lowest BCUT2D eigenvalue weighted by atomic mass is 9.98. The van der Waals surface area contributed by atoms with Crippen molar-refractivity contribution in [1.82, 2.24) is 5.32 Å². The van der Waals surface area contributed by atoms with Crippen LogP contribution in [0.4, 0.5) is 0 Å². The third kappa shape index (κ3) is 2.33. The quantitative estimate of drug-likeness (QED) is 0.614. The molecule has 1 atom stereocenters. The second-order valence-electron chi connectivity index (χ2n) is 3.38. The normalized spacial score (nSPS) is 23.1. The number of hydrogen-bond donors (Lipinski definition) is 1. The van der Waals surface area contributed by atoms with E-state index in [1.54, 1.807) is 0 Å². The average Bonchev–Trinajstić information content (AvgIpc) is 2.52. The van der Waals surface area contributed by atoms with Crippen LogP contribution in [0.1, 0.15) is 32.6 Å². The van der Waals surface area contributed by atoms with Gasteiger partial charge in [-0.25, -0.2) is 0 Å². The Bertz CT molecular complexity index is 123. The van der Waals surface area contributed by atoms with Crippen LogP contribution >= 0.6 is 0 Å². The van der Waals surface area contributed by atoms with Gasteiger partial charge in [-0.1, -0.05) is 25.0 Å². The van der Waals surface area contributed by atoms with E-state index in [4.69, 9.17) is 0 Å². The Morgan fingerprint density at radius 3 is 2.45 bits per heavy atom. The van der Waals surface area contributed by atoms with Crippen molar-refractivity contribution in [2.24, 2.45) is 5.92 Å². The van der Waals surface area contributed by atoms with Gasteiger partial charge in [-0.2, -0.15) is 0 Å². The monoisotopic (exact) mass is 153 g/mol. The van der Waals surface area contributed by atoms with E-state index in [2.05, 4.69) is 31.4 Å². The largest absolute Gasteiger partial charge is 0.313 e. The Labute approximate surface area is 69.9 Å². The lowest BCUT2D eigenvalue weighted by Gasteiger charge is -2.18. The van der Waals surface area contributed by atoms with Crippen molar-refractivity contribution in [2.45, 2.75) is 38.6 Å². The summed E-state index contributed by atoms with van der Waals surface area (Å²) in [5, 5.41) is 3.36. The van der Waals surface area contributed by atoms with Gasteiger partial charge >= 0.3 is 0 Å². The highest BCUT2D eigenvalue weighted by molar-refractivity contribution is 4.95. The molecule has 1 N–H and O–H groups in total. The zero-order valence-corrected chi connectivity index (χ0v) is 7.64. The van der Waals surface area contributed by atoms with Crippen molar-refractivity contribution in [3.05, 3.63) is 12.2 Å². The minimum Gasteiger partial charge on any atom is -0.313 e. The Morgan fingerprint density at radius 1 is 1.36 bits per heavy atom. The van der Waals surface area contributed by atoms with Gasteiger partial charge in [0.25, 0.3) is 0 Å². The van der Waals surface area contributed by atoms with Crippen molar-refractivity contribution in [1.29, 1.82) is 0 Å². The molecule has 11 heavy (non-hydrogen) atoms. The third-order valence-corrected chi connectivity index (χ3v) is 2.64. The van der Waals surface area contributed by atoms with E-state index in [1.807, 2.05) is 0 Å². The second kappa shape index (κ2) is 4.55. The minimum absolute atomic E-state index is 0.627. The van der Waals surface area contributed by atoms with Crippen molar-refractivity contribution in [3.8, 4) is 0 Å². The summed E-state index contributed by atoms with van der Waals surface area (Å²) < 4.78 is 0. The van der Waals surface area contributed by atoms with Crippen LogP contribution in [-0.4, -0.2) is 13.1 Å². The molecule has 0 bridgehead atoms. The van der Waals surface area contributed by atoms with Gasteiger partial charge in [-0.3, -0.25) is 0 Å². The van der Waals surface area contributed by atoms with E-state index in [0.29, 0.717) is 6.04 Å². The summed E-state index contributed by atoms with van der Waals surface area (Å²) in [6, 6.07) is 0.627. The average molecular weight is 153 g/mol. The van der Waals surface area contributed by atoms with E-state index < -0.39 is 0 Å². The van der Waals surface area contributed by atoms with Crippen LogP contribution in [0.5, 0.6) is 0 Å². The first kappa shape index (κ1) is 8.79. The molecule has 0 radical (unpaired) electrons. The molecule has 0 heterocycles. The number of hydrogen-bond acceptors (Lipinski definition) is 1. The molecule has 0 aromatic carbocycles. The molecule has 1 saturated carbocycles. The van der Waals surface area contributed by atoms with Gasteiger partial charge in [-0.05, 0) is 32.7 Å². The zero-order valence-electron chi connectivity index (χ0n) is 7.64. The Kier molecular flexibility index (Phi) is 3.64. The summed E-state index contributed by atoms with van der Waals surface area (Å²) in [7, 11) is 2.06. The summed E-state index contributed by atoms with van der Waals surface area (Å²) in [6.45, 7) is 2.10. The lowest BCUT2D eigenvalue weighted by Crippen LogP contribution is -2.29. The van der Waals surface area contributed by atoms with Crippen LogP contribution in [0, 0.1) is 5.92 Å². The molecule has 0 aromatic heterocycles. The molecule has 0 aromatic rings. The van der Waals surface area contributed by atoms with Gasteiger partial charge in [0.1, 0.15) is 0 Å². The van der Waals surface area contributed by atoms with Gasteiger partial charge in [0.2, 0.25) is 0 Å². The summed E-state index contributed by atoms with van der Waals surface area (Å²) in [4.78, 5) is 0. The second-order valence-corrected chi connectivity index (χ2v) is 3.38. The number of likely N-dealkylation sites (N-methyl/N-ethyl adjacent to an activating group) is 1. The predicted molar refractivity (Wildman–Crippen MR) is 49.6 cm³/mol. The molecule has 0 amide bonds. The molecule has 0 aliphatic heterocycles. The van der Waals surface area contributed by atoms with Crippen LogP contribution in [0.25, 0.3) is 0 Å². The highest BCUT2D eigenvalue weighted by Gasteiger charge is 2.20. The first-order valence-corrected chi connectivity index (χ1v) is 4.68. The molecule has 0 unspecified atom stereocenters. The summed E-state index contributed by atoms with van der Waals surface area (Å²) in [5.41, 5.74) is 0. The summed E-state index contributed by atoms with van der Waals surface area (Å²) in [6.07, 6.45) is 10.1. The first-order chi connectivity index (χ1) is 5.38. The van der Waals surface area contributed by atoms with E-state index in [9.17, 15) is 0 Å². The van der Waals surface area contributed by atoms with Gasteiger partial charge < -0.3 is 5.32 Å². The molecule has 1 nitrogen and oxygen atoms in total. The highest BCUT2D eigenvalue weighted by atomic mass is 14.9. The lowest BCUT2D eigenvalue weighted by molar-refractivity contribution is 0.438. The molecule has 1 aliphatic rings. The third-order valence-electron chi connectivity index (χ3n) is 2.64. The summed E-state index contributed by atoms with van der Waals surface area (Å²) in [5.74, 6) is 0.899. The Hall–Kier alpha value is -0.300. The van der Waals surface area contributed by atoms with E-state index in [-0.39, 0.29) is 0 Å². The van der Waals surface area contributed by atoms with Crippen LogP contribution in [0.2, 0.25) is 0 Å². The van der Waals surface area contributed by atoms with E-state index in [0.717, 1.165) is 5.92 Å². The molecule has 1 fully saturated rings. The SMILES string of the molecule is C/C=C\[C@H](NC)C1CCCC1. The van der Waals surface area contributed by atoms with E-state index >= 15 is 0 Å².